The molecule has 1 heterocycles. The van der Waals surface area contributed by atoms with Gasteiger partial charge in [-0.2, -0.15) is 0 Å². The minimum atomic E-state index is -1.23. The molecule has 0 fully saturated rings. The Bertz CT molecular complexity index is 1260. The standard InChI is InChI=1S/C23H22FN3O6/c1-27-7-6-19(28)21(22(27)31)26-23(32)25-18(12-20(29)30)15-8-14(9-16(24)10-15)13-4-3-5-17(11-13)33-2/h3-11,18,28H,12H2,1-2H3,(H,29,30)(H2,25,26,32)/t18-/m0/s1. The number of carbonyl (C=O) groups is 2. The first-order chi connectivity index (χ1) is 15.7. The number of benzene rings is 2. The molecule has 0 unspecified atom stereocenters. The van der Waals surface area contributed by atoms with Crippen LogP contribution in [0.2, 0.25) is 0 Å². The Morgan fingerprint density at radius 3 is 2.61 bits per heavy atom. The van der Waals surface area contributed by atoms with Crippen molar-refractivity contribution >= 4 is 17.7 Å². The van der Waals surface area contributed by atoms with Crippen LogP contribution in [0.4, 0.5) is 14.9 Å². The summed E-state index contributed by atoms with van der Waals surface area (Å²) in [7, 11) is 2.93. The molecule has 0 radical (unpaired) electrons. The molecule has 1 aromatic heterocycles. The summed E-state index contributed by atoms with van der Waals surface area (Å²) in [5, 5.41) is 23.9. The minimum Gasteiger partial charge on any atom is -0.505 e. The molecule has 3 rings (SSSR count). The molecule has 2 aromatic carbocycles. The Labute approximate surface area is 188 Å². The molecular formula is C23H22FN3O6. The van der Waals surface area contributed by atoms with E-state index in [2.05, 4.69) is 10.6 Å². The topological polar surface area (TPSA) is 130 Å². The number of amides is 2. The average Bonchev–Trinajstić information content (AvgIpc) is 2.78. The normalized spacial score (nSPS) is 11.5. The van der Waals surface area contributed by atoms with Crippen molar-refractivity contribution < 1.29 is 28.9 Å². The zero-order chi connectivity index (χ0) is 24.1. The van der Waals surface area contributed by atoms with Gasteiger partial charge in [0.25, 0.3) is 5.56 Å². The van der Waals surface area contributed by atoms with E-state index in [1.54, 1.807) is 30.3 Å². The van der Waals surface area contributed by atoms with Crippen LogP contribution in [0.5, 0.6) is 11.5 Å². The van der Waals surface area contributed by atoms with E-state index >= 15 is 0 Å². The average molecular weight is 455 g/mol. The number of hydrogen-bond donors (Lipinski definition) is 4. The molecule has 0 saturated carbocycles. The van der Waals surface area contributed by atoms with Crippen LogP contribution in [-0.2, 0) is 11.8 Å². The highest BCUT2D eigenvalue weighted by Gasteiger charge is 2.21. The van der Waals surface area contributed by atoms with Gasteiger partial charge in [-0.25, -0.2) is 9.18 Å². The second-order valence-electron chi connectivity index (χ2n) is 7.25. The van der Waals surface area contributed by atoms with Gasteiger partial charge < -0.3 is 30.2 Å². The molecule has 0 aliphatic rings. The van der Waals surface area contributed by atoms with E-state index in [9.17, 15) is 29.0 Å². The van der Waals surface area contributed by atoms with Crippen LogP contribution in [-0.4, -0.2) is 33.9 Å². The number of anilines is 1. The van der Waals surface area contributed by atoms with E-state index in [0.717, 1.165) is 10.6 Å². The molecule has 0 aliphatic carbocycles. The van der Waals surface area contributed by atoms with Crippen LogP contribution in [0.15, 0.2) is 59.5 Å². The summed E-state index contributed by atoms with van der Waals surface area (Å²) in [6.07, 6.45) is 0.772. The fourth-order valence-corrected chi connectivity index (χ4v) is 3.25. The number of nitrogens with zero attached hydrogens (tertiary/aromatic N) is 1. The lowest BCUT2D eigenvalue weighted by Crippen LogP contribution is -2.36. The maximum absolute atomic E-state index is 14.4. The predicted octanol–water partition coefficient (Wildman–Crippen LogP) is 3.24. The summed E-state index contributed by atoms with van der Waals surface area (Å²) in [5.41, 5.74) is 0.256. The molecule has 33 heavy (non-hydrogen) atoms. The molecule has 0 spiro atoms. The third-order valence-electron chi connectivity index (χ3n) is 4.89. The first-order valence-corrected chi connectivity index (χ1v) is 9.80. The van der Waals surface area contributed by atoms with Crippen LogP contribution < -0.4 is 20.9 Å². The number of pyridine rings is 1. The second kappa shape index (κ2) is 9.86. The van der Waals surface area contributed by atoms with E-state index in [1.807, 2.05) is 0 Å². The Morgan fingerprint density at radius 1 is 1.15 bits per heavy atom. The minimum absolute atomic E-state index is 0.204. The summed E-state index contributed by atoms with van der Waals surface area (Å²) in [4.78, 5) is 36.1. The lowest BCUT2D eigenvalue weighted by Gasteiger charge is -2.19. The highest BCUT2D eigenvalue weighted by atomic mass is 19.1. The zero-order valence-corrected chi connectivity index (χ0v) is 17.8. The van der Waals surface area contributed by atoms with Crippen molar-refractivity contribution in [2.75, 3.05) is 12.4 Å². The van der Waals surface area contributed by atoms with Crippen molar-refractivity contribution in [1.82, 2.24) is 9.88 Å². The first-order valence-electron chi connectivity index (χ1n) is 9.80. The highest BCUT2D eigenvalue weighted by Crippen LogP contribution is 2.29. The smallest absolute Gasteiger partial charge is 0.319 e. The maximum atomic E-state index is 14.4. The predicted molar refractivity (Wildman–Crippen MR) is 119 cm³/mol. The van der Waals surface area contributed by atoms with Crippen LogP contribution in [0.25, 0.3) is 11.1 Å². The van der Waals surface area contributed by atoms with Gasteiger partial charge in [0.15, 0.2) is 5.69 Å². The van der Waals surface area contributed by atoms with E-state index in [1.165, 1.54) is 32.5 Å². The molecule has 9 nitrogen and oxygen atoms in total. The van der Waals surface area contributed by atoms with E-state index in [0.29, 0.717) is 16.9 Å². The molecule has 3 aromatic rings. The van der Waals surface area contributed by atoms with Gasteiger partial charge in [0.05, 0.1) is 19.6 Å². The number of methoxy groups -OCH3 is 1. The van der Waals surface area contributed by atoms with Gasteiger partial charge in [0.1, 0.15) is 17.3 Å². The number of urea groups is 1. The molecule has 0 bridgehead atoms. The van der Waals surface area contributed by atoms with Crippen LogP contribution in [0, 0.1) is 5.82 Å². The SMILES string of the molecule is COc1cccc(-c2cc(F)cc([C@H](CC(=O)O)NC(=O)Nc3c(O)ccn(C)c3=O)c2)c1. The van der Waals surface area contributed by atoms with E-state index in [4.69, 9.17) is 4.74 Å². The molecular weight excluding hydrogens is 433 g/mol. The summed E-state index contributed by atoms with van der Waals surface area (Å²) in [6, 6.07) is 10.0. The number of carboxylic acid groups (broad SMARTS) is 1. The number of carbonyl (C=O) groups excluding carboxylic acids is 1. The third-order valence-corrected chi connectivity index (χ3v) is 4.89. The maximum Gasteiger partial charge on any atom is 0.319 e. The summed E-state index contributed by atoms with van der Waals surface area (Å²) in [5.74, 6) is -1.75. The monoisotopic (exact) mass is 455 g/mol. The van der Waals surface area contributed by atoms with Gasteiger partial charge in [-0.3, -0.25) is 9.59 Å². The molecule has 0 saturated heterocycles. The van der Waals surface area contributed by atoms with Gasteiger partial charge in [-0.05, 0) is 53.1 Å². The fraction of sp³-hybridized carbons (Fsp3) is 0.174. The lowest BCUT2D eigenvalue weighted by molar-refractivity contribution is -0.137. The van der Waals surface area contributed by atoms with Crippen LogP contribution in [0.1, 0.15) is 18.0 Å². The van der Waals surface area contributed by atoms with Crippen LogP contribution in [0.3, 0.4) is 0 Å². The number of nitrogens with one attached hydrogen (secondary N) is 2. The van der Waals surface area contributed by atoms with Crippen molar-refractivity contribution in [2.45, 2.75) is 12.5 Å². The number of rotatable bonds is 7. The summed E-state index contributed by atoms with van der Waals surface area (Å²) >= 11 is 0. The number of aromatic nitrogens is 1. The number of halogens is 1. The molecule has 172 valence electrons. The van der Waals surface area contributed by atoms with Crippen LogP contribution >= 0.6 is 0 Å². The number of hydrogen-bond acceptors (Lipinski definition) is 5. The van der Waals surface area contributed by atoms with E-state index < -0.39 is 41.6 Å². The molecule has 4 N–H and O–H groups in total. The molecule has 2 amide bonds. The van der Waals surface area contributed by atoms with Crippen molar-refractivity contribution in [3.63, 3.8) is 0 Å². The number of ether oxygens (including phenoxy) is 1. The largest absolute Gasteiger partial charge is 0.505 e. The van der Waals surface area contributed by atoms with Gasteiger partial charge in [0, 0.05) is 13.2 Å². The second-order valence-corrected chi connectivity index (χ2v) is 7.25. The Morgan fingerprint density at radius 2 is 1.91 bits per heavy atom. The molecule has 10 heteroatoms. The van der Waals surface area contributed by atoms with Crippen molar-refractivity contribution in [3.8, 4) is 22.6 Å². The van der Waals surface area contributed by atoms with E-state index in [-0.39, 0.29) is 11.3 Å². The quantitative estimate of drug-likeness (QED) is 0.433. The lowest BCUT2D eigenvalue weighted by atomic mass is 9.97. The number of aliphatic carboxylic acids is 1. The number of aromatic hydroxyl groups is 1. The van der Waals surface area contributed by atoms with Gasteiger partial charge >= 0.3 is 12.0 Å². The number of carboxylic acids is 1. The first kappa shape index (κ1) is 23.3. The van der Waals surface area contributed by atoms with Gasteiger partial charge in [-0.1, -0.05) is 12.1 Å². The Hall–Kier alpha value is -4.34. The Kier molecular flexibility index (Phi) is 6.97. The highest BCUT2D eigenvalue weighted by molar-refractivity contribution is 5.91. The summed E-state index contributed by atoms with van der Waals surface area (Å²) in [6.45, 7) is 0. The van der Waals surface area contributed by atoms with Crippen molar-refractivity contribution in [2.24, 2.45) is 7.05 Å². The van der Waals surface area contributed by atoms with Crippen molar-refractivity contribution in [3.05, 3.63) is 76.5 Å². The zero-order valence-electron chi connectivity index (χ0n) is 17.8. The van der Waals surface area contributed by atoms with Gasteiger partial charge in [-0.15, -0.1) is 0 Å². The van der Waals surface area contributed by atoms with Crippen molar-refractivity contribution in [1.29, 1.82) is 0 Å². The Balaban J connectivity index is 1.92. The number of aryl methyl sites for hydroxylation is 1. The summed E-state index contributed by atoms with van der Waals surface area (Å²) < 4.78 is 20.8. The van der Waals surface area contributed by atoms with Gasteiger partial charge in [0.2, 0.25) is 0 Å². The molecule has 1 atom stereocenters. The molecule has 0 aliphatic heterocycles. The third kappa shape index (κ3) is 5.67. The fourth-order valence-electron chi connectivity index (χ4n) is 3.25.